The zero-order valence-corrected chi connectivity index (χ0v) is 13.0. The van der Waals surface area contributed by atoms with Gasteiger partial charge in [-0.3, -0.25) is 9.59 Å². The number of rotatable bonds is 5. The van der Waals surface area contributed by atoms with Crippen LogP contribution in [-0.4, -0.2) is 40.3 Å². The molecule has 0 radical (unpaired) electrons. The first-order valence-corrected chi connectivity index (χ1v) is 7.81. The van der Waals surface area contributed by atoms with Gasteiger partial charge in [0.05, 0.1) is 29.6 Å². The van der Waals surface area contributed by atoms with Crippen molar-refractivity contribution in [3.05, 3.63) is 35.4 Å². The number of ether oxygens (including phenoxy) is 2. The number of carboxylic acids is 2. The van der Waals surface area contributed by atoms with Crippen molar-refractivity contribution in [3.8, 4) is 0 Å². The van der Waals surface area contributed by atoms with Crippen molar-refractivity contribution in [2.75, 3.05) is 0 Å². The first-order valence-electron chi connectivity index (χ1n) is 7.81. The Balaban J connectivity index is 1.77. The molecular formula is C17H18O7. The summed E-state index contributed by atoms with van der Waals surface area (Å²) < 4.78 is 11.0. The van der Waals surface area contributed by atoms with Crippen LogP contribution >= 0.6 is 0 Å². The molecule has 1 unspecified atom stereocenters. The topological polar surface area (TPSA) is 110 Å². The number of aromatic carboxylic acids is 1. The van der Waals surface area contributed by atoms with Crippen LogP contribution in [0, 0.1) is 11.8 Å². The van der Waals surface area contributed by atoms with E-state index in [2.05, 4.69) is 0 Å². The lowest BCUT2D eigenvalue weighted by Crippen LogP contribution is -2.39. The van der Waals surface area contributed by atoms with Gasteiger partial charge in [0.25, 0.3) is 0 Å². The fourth-order valence-corrected chi connectivity index (χ4v) is 3.65. The molecule has 0 aromatic heterocycles. The SMILES string of the molecule is CC(OC(=O)[C@H]1[C@@H](C(=O)O)[C@@H]2CC[C@H]1O2)c1ccccc1C(=O)O. The fraction of sp³-hybridized carbons (Fsp3) is 0.471. The predicted octanol–water partition coefficient (Wildman–Crippen LogP) is 1.87. The van der Waals surface area contributed by atoms with Crippen LogP contribution in [0.3, 0.4) is 0 Å². The van der Waals surface area contributed by atoms with E-state index in [1.807, 2.05) is 0 Å². The fourth-order valence-electron chi connectivity index (χ4n) is 3.65. The Labute approximate surface area is 138 Å². The highest BCUT2D eigenvalue weighted by molar-refractivity contribution is 5.89. The summed E-state index contributed by atoms with van der Waals surface area (Å²) in [5.74, 6) is -4.58. The quantitative estimate of drug-likeness (QED) is 0.791. The first-order chi connectivity index (χ1) is 11.4. The maximum Gasteiger partial charge on any atom is 0.336 e. The smallest absolute Gasteiger partial charge is 0.336 e. The minimum absolute atomic E-state index is 0.0526. The zero-order chi connectivity index (χ0) is 17.4. The predicted molar refractivity (Wildman–Crippen MR) is 80.4 cm³/mol. The van der Waals surface area contributed by atoms with Gasteiger partial charge >= 0.3 is 17.9 Å². The molecule has 7 nitrogen and oxygen atoms in total. The van der Waals surface area contributed by atoms with E-state index < -0.39 is 48.1 Å². The second-order valence-electron chi connectivity index (χ2n) is 6.15. The normalized spacial score (nSPS) is 29.2. The van der Waals surface area contributed by atoms with Crippen molar-refractivity contribution in [1.29, 1.82) is 0 Å². The van der Waals surface area contributed by atoms with Crippen molar-refractivity contribution in [3.63, 3.8) is 0 Å². The van der Waals surface area contributed by atoms with Crippen molar-refractivity contribution in [2.24, 2.45) is 11.8 Å². The minimum Gasteiger partial charge on any atom is -0.481 e. The molecule has 2 saturated heterocycles. The summed E-state index contributed by atoms with van der Waals surface area (Å²) in [6.45, 7) is 1.57. The summed E-state index contributed by atoms with van der Waals surface area (Å²) in [6, 6.07) is 6.26. The van der Waals surface area contributed by atoms with Crippen LogP contribution in [0.1, 0.15) is 41.8 Å². The number of aliphatic carboxylic acids is 1. The Morgan fingerprint density at radius 1 is 1.12 bits per heavy atom. The molecule has 7 heteroatoms. The number of carbonyl (C=O) groups excluding carboxylic acids is 1. The Hall–Kier alpha value is -2.41. The van der Waals surface area contributed by atoms with E-state index >= 15 is 0 Å². The average Bonchev–Trinajstić information content (AvgIpc) is 3.15. The second-order valence-corrected chi connectivity index (χ2v) is 6.15. The molecule has 0 saturated carbocycles. The van der Waals surface area contributed by atoms with Crippen LogP contribution in [0.15, 0.2) is 24.3 Å². The maximum atomic E-state index is 12.5. The van der Waals surface area contributed by atoms with Gasteiger partial charge in [-0.15, -0.1) is 0 Å². The lowest BCUT2D eigenvalue weighted by Gasteiger charge is -2.25. The molecule has 0 amide bonds. The molecule has 3 rings (SSSR count). The number of hydrogen-bond donors (Lipinski definition) is 2. The third-order valence-electron chi connectivity index (χ3n) is 4.75. The van der Waals surface area contributed by atoms with Crippen LogP contribution < -0.4 is 0 Å². The van der Waals surface area contributed by atoms with Crippen LogP contribution in [0.25, 0.3) is 0 Å². The van der Waals surface area contributed by atoms with Gasteiger partial charge in [-0.05, 0) is 25.8 Å². The number of fused-ring (bicyclic) bond motifs is 2. The highest BCUT2D eigenvalue weighted by Crippen LogP contribution is 2.44. The van der Waals surface area contributed by atoms with Gasteiger partial charge in [0.1, 0.15) is 6.10 Å². The van der Waals surface area contributed by atoms with E-state index in [0.29, 0.717) is 18.4 Å². The molecule has 24 heavy (non-hydrogen) atoms. The van der Waals surface area contributed by atoms with Crippen LogP contribution in [0.2, 0.25) is 0 Å². The summed E-state index contributed by atoms with van der Waals surface area (Å²) in [5, 5.41) is 18.6. The van der Waals surface area contributed by atoms with E-state index in [4.69, 9.17) is 9.47 Å². The molecule has 5 atom stereocenters. The molecule has 0 spiro atoms. The third-order valence-corrected chi connectivity index (χ3v) is 4.75. The minimum atomic E-state index is -1.11. The van der Waals surface area contributed by atoms with Gasteiger partial charge in [-0.1, -0.05) is 18.2 Å². The summed E-state index contributed by atoms with van der Waals surface area (Å²) >= 11 is 0. The summed E-state index contributed by atoms with van der Waals surface area (Å²) in [5.41, 5.74) is 0.422. The van der Waals surface area contributed by atoms with Gasteiger partial charge < -0.3 is 19.7 Å². The van der Waals surface area contributed by atoms with Crippen molar-refractivity contribution in [2.45, 2.75) is 38.1 Å². The third kappa shape index (κ3) is 2.75. The number of carbonyl (C=O) groups is 3. The van der Waals surface area contributed by atoms with E-state index in [0.717, 1.165) is 0 Å². The van der Waals surface area contributed by atoms with Gasteiger partial charge in [0, 0.05) is 5.56 Å². The average molecular weight is 334 g/mol. The van der Waals surface area contributed by atoms with E-state index in [-0.39, 0.29) is 5.56 Å². The molecule has 2 aliphatic heterocycles. The molecule has 1 aromatic rings. The molecule has 2 fully saturated rings. The molecule has 2 aliphatic rings. The molecule has 128 valence electrons. The van der Waals surface area contributed by atoms with Crippen molar-refractivity contribution < 1.29 is 34.1 Å². The lowest BCUT2D eigenvalue weighted by atomic mass is 9.79. The zero-order valence-electron chi connectivity index (χ0n) is 13.0. The first kappa shape index (κ1) is 16.4. The van der Waals surface area contributed by atoms with E-state index in [9.17, 15) is 24.6 Å². The summed E-state index contributed by atoms with van der Waals surface area (Å²) in [4.78, 5) is 35.2. The van der Waals surface area contributed by atoms with E-state index in [1.54, 1.807) is 25.1 Å². The number of hydrogen-bond acceptors (Lipinski definition) is 5. The highest BCUT2D eigenvalue weighted by atomic mass is 16.6. The van der Waals surface area contributed by atoms with Gasteiger partial charge in [0.2, 0.25) is 0 Å². The highest BCUT2D eigenvalue weighted by Gasteiger charge is 2.56. The largest absolute Gasteiger partial charge is 0.481 e. The van der Waals surface area contributed by atoms with Crippen LogP contribution in [0.5, 0.6) is 0 Å². The lowest BCUT2D eigenvalue weighted by molar-refractivity contribution is -0.162. The molecule has 2 bridgehead atoms. The number of carboxylic acid groups (broad SMARTS) is 2. The standard InChI is InChI=1S/C17H18O7/c1-8(9-4-2-3-5-10(9)15(18)19)23-17(22)14-12-7-6-11(24-12)13(14)16(20)21/h2-5,8,11-14H,6-7H2,1H3,(H,18,19)(H,20,21)/t8?,11-,12+,13-,14+/m0/s1. The monoisotopic (exact) mass is 334 g/mol. The Bertz CT molecular complexity index is 683. The van der Waals surface area contributed by atoms with Crippen LogP contribution in [-0.2, 0) is 19.1 Å². The molecule has 1 aromatic carbocycles. The molecule has 2 heterocycles. The molecule has 2 N–H and O–H groups in total. The van der Waals surface area contributed by atoms with E-state index in [1.165, 1.54) is 6.07 Å². The van der Waals surface area contributed by atoms with Crippen LogP contribution in [0.4, 0.5) is 0 Å². The maximum absolute atomic E-state index is 12.5. The van der Waals surface area contributed by atoms with Crippen molar-refractivity contribution in [1.82, 2.24) is 0 Å². The molecular weight excluding hydrogens is 316 g/mol. The molecule has 0 aliphatic carbocycles. The Morgan fingerprint density at radius 3 is 2.38 bits per heavy atom. The van der Waals surface area contributed by atoms with Gasteiger partial charge in [-0.25, -0.2) is 4.79 Å². The second kappa shape index (κ2) is 6.24. The number of benzene rings is 1. The van der Waals surface area contributed by atoms with Gasteiger partial charge in [-0.2, -0.15) is 0 Å². The van der Waals surface area contributed by atoms with Crippen molar-refractivity contribution >= 4 is 17.9 Å². The summed E-state index contributed by atoms with van der Waals surface area (Å²) in [6.07, 6.45) is -0.424. The van der Waals surface area contributed by atoms with Gasteiger partial charge in [0.15, 0.2) is 0 Å². The Morgan fingerprint density at radius 2 is 1.75 bits per heavy atom. The summed E-state index contributed by atoms with van der Waals surface area (Å²) in [7, 11) is 0. The number of esters is 1. The Kier molecular flexibility index (Phi) is 4.28.